The lowest BCUT2D eigenvalue weighted by molar-refractivity contribution is -0.149. The van der Waals surface area contributed by atoms with Crippen molar-refractivity contribution >= 4 is 41.4 Å². The van der Waals surface area contributed by atoms with E-state index in [1.165, 1.54) is 0 Å². The first-order valence-electron chi connectivity index (χ1n) is 10.5. The molecule has 0 unspecified atom stereocenters. The Bertz CT molecular complexity index is 770. The van der Waals surface area contributed by atoms with E-state index in [1.807, 2.05) is 25.1 Å². The van der Waals surface area contributed by atoms with Gasteiger partial charge in [0, 0.05) is 18.0 Å². The van der Waals surface area contributed by atoms with E-state index < -0.39 is 11.9 Å². The highest BCUT2D eigenvalue weighted by molar-refractivity contribution is 6.30. The molecule has 0 spiro atoms. The minimum absolute atomic E-state index is 0.0155. The van der Waals surface area contributed by atoms with Crippen LogP contribution in [0.25, 0.3) is 6.08 Å². The average molecular weight is 468 g/mol. The highest BCUT2D eigenvalue weighted by Crippen LogP contribution is 2.19. The molecule has 1 heterocycles. The van der Waals surface area contributed by atoms with Gasteiger partial charge in [0.2, 0.25) is 0 Å². The number of hydrogen-bond acceptors (Lipinski definition) is 6. The van der Waals surface area contributed by atoms with Gasteiger partial charge in [-0.05, 0) is 56.6 Å². The second-order valence-electron chi connectivity index (χ2n) is 7.26. The van der Waals surface area contributed by atoms with Crippen molar-refractivity contribution in [2.75, 3.05) is 26.2 Å². The third kappa shape index (κ3) is 12.2. The minimum atomic E-state index is -1.08. The van der Waals surface area contributed by atoms with Crippen LogP contribution >= 0.6 is 11.6 Å². The molecule has 0 atom stereocenters. The quantitative estimate of drug-likeness (QED) is 0.396. The monoisotopic (exact) mass is 467 g/mol. The molecule has 0 bridgehead atoms. The summed E-state index contributed by atoms with van der Waals surface area (Å²) in [5, 5.41) is 16.5. The van der Waals surface area contributed by atoms with Crippen molar-refractivity contribution in [1.82, 2.24) is 4.90 Å². The molecule has 9 heteroatoms. The molecular weight excluding hydrogens is 438 g/mol. The lowest BCUT2D eigenvalue weighted by atomic mass is 9.97. The molecule has 176 valence electrons. The van der Waals surface area contributed by atoms with Gasteiger partial charge >= 0.3 is 17.9 Å². The predicted molar refractivity (Wildman–Crippen MR) is 120 cm³/mol. The molecule has 1 saturated heterocycles. The summed E-state index contributed by atoms with van der Waals surface area (Å²) in [5.41, 5.74) is 0.961. The summed E-state index contributed by atoms with van der Waals surface area (Å²) in [7, 11) is 0. The zero-order chi connectivity index (χ0) is 23.9. The molecule has 0 amide bonds. The third-order valence-corrected chi connectivity index (χ3v) is 5.02. The van der Waals surface area contributed by atoms with Gasteiger partial charge < -0.3 is 19.8 Å². The van der Waals surface area contributed by atoms with Crippen molar-refractivity contribution < 1.29 is 34.1 Å². The molecule has 0 aliphatic carbocycles. The Kier molecular flexibility index (Phi) is 12.9. The number of aliphatic carboxylic acids is 2. The number of ketones is 1. The first-order chi connectivity index (χ1) is 15.2. The van der Waals surface area contributed by atoms with E-state index in [9.17, 15) is 19.2 Å². The fraction of sp³-hybridized carbons (Fsp3) is 0.478. The number of allylic oxidation sites excluding steroid dienone is 1. The van der Waals surface area contributed by atoms with Gasteiger partial charge in [-0.2, -0.15) is 0 Å². The van der Waals surface area contributed by atoms with Gasteiger partial charge in [0.15, 0.2) is 5.78 Å². The van der Waals surface area contributed by atoms with Crippen molar-refractivity contribution in [1.29, 1.82) is 0 Å². The fourth-order valence-corrected chi connectivity index (χ4v) is 3.11. The number of carbonyl (C=O) groups excluding carboxylic acids is 2. The van der Waals surface area contributed by atoms with Gasteiger partial charge in [0.1, 0.15) is 0 Å². The number of ether oxygens (including phenoxy) is 1. The first kappa shape index (κ1) is 27.3. The SMILES string of the molecule is CCOC(=O)C1CCN(CCC(=O)/C=C/c2ccc(Cl)cc2)CC1.O=C(O)CCC(=O)O. The molecule has 0 aromatic heterocycles. The van der Waals surface area contributed by atoms with Crippen LogP contribution in [0, 0.1) is 5.92 Å². The van der Waals surface area contributed by atoms with Crippen LogP contribution in [0.2, 0.25) is 5.02 Å². The van der Waals surface area contributed by atoms with Crippen molar-refractivity contribution in [2.45, 2.75) is 39.0 Å². The summed E-state index contributed by atoms with van der Waals surface area (Å²) in [4.78, 5) is 45.2. The second-order valence-corrected chi connectivity index (χ2v) is 7.69. The number of hydrogen-bond donors (Lipinski definition) is 2. The maximum atomic E-state index is 12.0. The number of likely N-dealkylation sites (tertiary alicyclic amines) is 1. The second kappa shape index (κ2) is 15.2. The molecule has 1 aromatic carbocycles. The Balaban J connectivity index is 0.000000547. The third-order valence-electron chi connectivity index (χ3n) is 4.77. The molecule has 8 nitrogen and oxygen atoms in total. The number of carbonyl (C=O) groups is 4. The number of piperidine rings is 1. The number of carboxylic acid groups (broad SMARTS) is 2. The van der Waals surface area contributed by atoms with Crippen LogP contribution in [0.1, 0.15) is 44.6 Å². The highest BCUT2D eigenvalue weighted by Gasteiger charge is 2.25. The van der Waals surface area contributed by atoms with Crippen LogP contribution in [-0.2, 0) is 23.9 Å². The van der Waals surface area contributed by atoms with Crippen molar-refractivity contribution in [3.63, 3.8) is 0 Å². The Morgan fingerprint density at radius 3 is 2.09 bits per heavy atom. The van der Waals surface area contributed by atoms with Gasteiger partial charge in [-0.25, -0.2) is 0 Å². The number of halogens is 1. The largest absolute Gasteiger partial charge is 0.481 e. The van der Waals surface area contributed by atoms with E-state index in [0.29, 0.717) is 18.1 Å². The van der Waals surface area contributed by atoms with E-state index in [4.69, 9.17) is 26.6 Å². The standard InChI is InChI=1S/C19H24ClNO3.C4H6O4/c1-2-24-19(23)16-9-12-21(13-10-16)14-11-18(22)8-5-15-3-6-17(20)7-4-15;5-3(6)1-2-4(7)8/h3-8,16H,2,9-14H2,1H3;1-2H2,(H,5,6)(H,7,8)/b8-5+;. The minimum Gasteiger partial charge on any atom is -0.481 e. The average Bonchev–Trinajstić information content (AvgIpc) is 2.77. The van der Waals surface area contributed by atoms with Gasteiger partial charge in [-0.15, -0.1) is 0 Å². The van der Waals surface area contributed by atoms with Gasteiger partial charge in [0.25, 0.3) is 0 Å². The molecule has 0 saturated carbocycles. The molecule has 1 aromatic rings. The summed E-state index contributed by atoms with van der Waals surface area (Å²) in [6, 6.07) is 7.37. The topological polar surface area (TPSA) is 121 Å². The molecule has 1 aliphatic rings. The van der Waals surface area contributed by atoms with E-state index in [0.717, 1.165) is 38.0 Å². The van der Waals surface area contributed by atoms with Crippen LogP contribution in [0.5, 0.6) is 0 Å². The van der Waals surface area contributed by atoms with E-state index in [1.54, 1.807) is 18.2 Å². The summed E-state index contributed by atoms with van der Waals surface area (Å²) in [5.74, 6) is -2.11. The number of rotatable bonds is 10. The Morgan fingerprint density at radius 1 is 1.03 bits per heavy atom. The smallest absolute Gasteiger partial charge is 0.309 e. The zero-order valence-corrected chi connectivity index (χ0v) is 18.9. The predicted octanol–water partition coefficient (Wildman–Crippen LogP) is 3.52. The van der Waals surface area contributed by atoms with Crippen molar-refractivity contribution in [3.8, 4) is 0 Å². The lowest BCUT2D eigenvalue weighted by Crippen LogP contribution is -2.37. The number of carboxylic acids is 2. The van der Waals surface area contributed by atoms with Crippen LogP contribution in [-0.4, -0.2) is 65.0 Å². The van der Waals surface area contributed by atoms with E-state index in [2.05, 4.69) is 4.90 Å². The van der Waals surface area contributed by atoms with Crippen molar-refractivity contribution in [3.05, 3.63) is 40.9 Å². The summed E-state index contributed by atoms with van der Waals surface area (Å²) >= 11 is 5.83. The summed E-state index contributed by atoms with van der Waals surface area (Å²) in [6.45, 7) is 4.69. The fourth-order valence-electron chi connectivity index (χ4n) is 2.98. The van der Waals surface area contributed by atoms with Crippen LogP contribution in [0.3, 0.4) is 0 Å². The van der Waals surface area contributed by atoms with E-state index in [-0.39, 0.29) is 30.5 Å². The molecular formula is C23H30ClNO7. The van der Waals surface area contributed by atoms with Crippen LogP contribution in [0.15, 0.2) is 30.3 Å². The molecule has 1 fully saturated rings. The van der Waals surface area contributed by atoms with E-state index >= 15 is 0 Å². The number of nitrogens with zero attached hydrogens (tertiary/aromatic N) is 1. The summed E-state index contributed by atoms with van der Waals surface area (Å²) < 4.78 is 5.07. The Hall–Kier alpha value is -2.71. The Labute approximate surface area is 192 Å². The lowest BCUT2D eigenvalue weighted by Gasteiger charge is -2.30. The maximum Gasteiger partial charge on any atom is 0.309 e. The van der Waals surface area contributed by atoms with Gasteiger partial charge in [-0.3, -0.25) is 19.2 Å². The molecule has 0 radical (unpaired) electrons. The molecule has 32 heavy (non-hydrogen) atoms. The first-order valence-corrected chi connectivity index (χ1v) is 10.9. The normalized spacial score (nSPS) is 14.4. The van der Waals surface area contributed by atoms with Crippen LogP contribution < -0.4 is 0 Å². The van der Waals surface area contributed by atoms with Gasteiger partial charge in [0.05, 0.1) is 25.4 Å². The van der Waals surface area contributed by atoms with Gasteiger partial charge in [-0.1, -0.05) is 29.8 Å². The zero-order valence-electron chi connectivity index (χ0n) is 18.2. The van der Waals surface area contributed by atoms with Crippen LogP contribution in [0.4, 0.5) is 0 Å². The summed E-state index contributed by atoms with van der Waals surface area (Å²) in [6.07, 6.45) is 4.96. The highest BCUT2D eigenvalue weighted by atomic mass is 35.5. The molecule has 2 rings (SSSR count). The maximum absolute atomic E-state index is 12.0. The molecule has 2 N–H and O–H groups in total. The number of benzene rings is 1. The molecule has 1 aliphatic heterocycles. The Morgan fingerprint density at radius 2 is 1.59 bits per heavy atom. The number of esters is 1. The van der Waals surface area contributed by atoms with Crippen molar-refractivity contribution in [2.24, 2.45) is 5.92 Å².